The van der Waals surface area contributed by atoms with Crippen molar-refractivity contribution in [3.8, 4) is 0 Å². The number of amides is 1. The molecule has 7 heteroatoms. The standard InChI is InChI=1S/C14H16N2O4S/c1-11-4-2-5-12(10-11)21(18,19)16-8-7-15-14(17)13-6-3-9-20-13/h2-6,9-10,16H,7-8H2,1H3,(H,15,17). The Morgan fingerprint density at radius 2 is 2.00 bits per heavy atom. The van der Waals surface area contributed by atoms with E-state index in [0.717, 1.165) is 5.56 Å². The van der Waals surface area contributed by atoms with Crippen molar-refractivity contribution in [2.45, 2.75) is 11.8 Å². The number of hydrogen-bond donors (Lipinski definition) is 2. The van der Waals surface area contributed by atoms with Crippen molar-refractivity contribution in [1.82, 2.24) is 10.0 Å². The molecule has 1 aromatic heterocycles. The van der Waals surface area contributed by atoms with Crippen molar-refractivity contribution in [3.05, 3.63) is 54.0 Å². The van der Waals surface area contributed by atoms with Crippen molar-refractivity contribution in [3.63, 3.8) is 0 Å². The number of aryl methyl sites for hydroxylation is 1. The Kier molecular flexibility index (Phi) is 4.77. The van der Waals surface area contributed by atoms with Gasteiger partial charge in [-0.1, -0.05) is 12.1 Å². The zero-order valence-corrected chi connectivity index (χ0v) is 12.3. The maximum Gasteiger partial charge on any atom is 0.287 e. The summed E-state index contributed by atoms with van der Waals surface area (Å²) in [4.78, 5) is 11.8. The summed E-state index contributed by atoms with van der Waals surface area (Å²) in [5.74, 6) is -0.189. The highest BCUT2D eigenvalue weighted by molar-refractivity contribution is 7.89. The van der Waals surface area contributed by atoms with Gasteiger partial charge in [0.05, 0.1) is 11.2 Å². The molecule has 112 valence electrons. The molecule has 0 radical (unpaired) electrons. The second kappa shape index (κ2) is 6.55. The summed E-state index contributed by atoms with van der Waals surface area (Å²) in [6.07, 6.45) is 1.40. The summed E-state index contributed by atoms with van der Waals surface area (Å²) in [5, 5.41) is 2.56. The fourth-order valence-corrected chi connectivity index (χ4v) is 2.86. The third-order valence-electron chi connectivity index (χ3n) is 2.75. The van der Waals surface area contributed by atoms with Gasteiger partial charge in [0.15, 0.2) is 5.76 Å². The number of rotatable bonds is 6. The number of sulfonamides is 1. The topological polar surface area (TPSA) is 88.4 Å². The van der Waals surface area contributed by atoms with Gasteiger partial charge < -0.3 is 9.73 Å². The summed E-state index contributed by atoms with van der Waals surface area (Å²) < 4.78 is 31.4. The van der Waals surface area contributed by atoms with Crippen LogP contribution in [0.5, 0.6) is 0 Å². The third kappa shape index (κ3) is 4.17. The van der Waals surface area contributed by atoms with Crippen LogP contribution in [0.2, 0.25) is 0 Å². The van der Waals surface area contributed by atoms with Gasteiger partial charge in [0.1, 0.15) is 0 Å². The highest BCUT2D eigenvalue weighted by atomic mass is 32.2. The van der Waals surface area contributed by atoms with Crippen LogP contribution < -0.4 is 10.0 Å². The summed E-state index contributed by atoms with van der Waals surface area (Å²) in [5.41, 5.74) is 0.865. The zero-order chi connectivity index (χ0) is 15.3. The summed E-state index contributed by atoms with van der Waals surface area (Å²) in [6, 6.07) is 9.76. The van der Waals surface area contributed by atoms with Crippen LogP contribution in [0.3, 0.4) is 0 Å². The summed E-state index contributed by atoms with van der Waals surface area (Å²) in [6.45, 7) is 2.09. The number of hydrogen-bond acceptors (Lipinski definition) is 4. The lowest BCUT2D eigenvalue weighted by molar-refractivity contribution is 0.0926. The average molecular weight is 308 g/mol. The quantitative estimate of drug-likeness (QED) is 0.787. The molecule has 0 aliphatic rings. The van der Waals surface area contributed by atoms with Crippen molar-refractivity contribution < 1.29 is 17.6 Å². The smallest absolute Gasteiger partial charge is 0.287 e. The predicted molar refractivity (Wildman–Crippen MR) is 77.4 cm³/mol. The van der Waals surface area contributed by atoms with E-state index in [1.807, 2.05) is 13.0 Å². The van der Waals surface area contributed by atoms with Gasteiger partial charge in [-0.25, -0.2) is 13.1 Å². The van der Waals surface area contributed by atoms with Crippen LogP contribution in [0, 0.1) is 6.92 Å². The molecule has 2 N–H and O–H groups in total. The minimum atomic E-state index is -3.56. The Bertz CT molecular complexity index is 708. The van der Waals surface area contributed by atoms with Gasteiger partial charge in [-0.2, -0.15) is 0 Å². The number of nitrogens with one attached hydrogen (secondary N) is 2. The molecule has 1 amide bonds. The van der Waals surface area contributed by atoms with Crippen LogP contribution in [-0.4, -0.2) is 27.4 Å². The van der Waals surface area contributed by atoms with Crippen LogP contribution >= 0.6 is 0 Å². The average Bonchev–Trinajstić information content (AvgIpc) is 2.97. The van der Waals surface area contributed by atoms with Crippen LogP contribution in [-0.2, 0) is 10.0 Å². The molecular formula is C14H16N2O4S. The van der Waals surface area contributed by atoms with Crippen LogP contribution in [0.4, 0.5) is 0 Å². The maximum atomic E-state index is 12.0. The molecule has 0 aliphatic heterocycles. The SMILES string of the molecule is Cc1cccc(S(=O)(=O)NCCNC(=O)c2ccco2)c1. The minimum absolute atomic E-state index is 0.0999. The highest BCUT2D eigenvalue weighted by Crippen LogP contribution is 2.10. The first-order valence-corrected chi connectivity index (χ1v) is 7.85. The van der Waals surface area contributed by atoms with Crippen molar-refractivity contribution >= 4 is 15.9 Å². The Labute approximate surface area is 123 Å². The van der Waals surface area contributed by atoms with E-state index in [2.05, 4.69) is 10.0 Å². The lowest BCUT2D eigenvalue weighted by atomic mass is 10.2. The first kappa shape index (κ1) is 15.3. The van der Waals surface area contributed by atoms with Gasteiger partial charge in [0, 0.05) is 13.1 Å². The van der Waals surface area contributed by atoms with Gasteiger partial charge >= 0.3 is 0 Å². The molecule has 2 rings (SSSR count). The molecule has 1 aromatic carbocycles. The molecular weight excluding hydrogens is 292 g/mol. The normalized spacial score (nSPS) is 11.3. The van der Waals surface area contributed by atoms with Gasteiger partial charge in [-0.15, -0.1) is 0 Å². The number of carbonyl (C=O) groups is 1. The Morgan fingerprint density at radius 3 is 2.67 bits per heavy atom. The van der Waals surface area contributed by atoms with Gasteiger partial charge in [0.2, 0.25) is 10.0 Å². The Morgan fingerprint density at radius 1 is 1.19 bits per heavy atom. The lowest BCUT2D eigenvalue weighted by Gasteiger charge is -2.08. The lowest BCUT2D eigenvalue weighted by Crippen LogP contribution is -2.34. The van der Waals surface area contributed by atoms with E-state index in [1.54, 1.807) is 18.2 Å². The van der Waals surface area contributed by atoms with Crippen molar-refractivity contribution in [1.29, 1.82) is 0 Å². The van der Waals surface area contributed by atoms with E-state index in [-0.39, 0.29) is 29.7 Å². The molecule has 1 heterocycles. The largest absolute Gasteiger partial charge is 0.459 e. The molecule has 0 aliphatic carbocycles. The predicted octanol–water partition coefficient (Wildman–Crippen LogP) is 1.30. The summed E-state index contributed by atoms with van der Waals surface area (Å²) >= 11 is 0. The molecule has 0 spiro atoms. The molecule has 21 heavy (non-hydrogen) atoms. The first-order valence-electron chi connectivity index (χ1n) is 6.37. The van der Waals surface area contributed by atoms with Gasteiger partial charge in [-0.05, 0) is 36.8 Å². The Hall–Kier alpha value is -2.12. The molecule has 0 unspecified atom stereocenters. The highest BCUT2D eigenvalue weighted by Gasteiger charge is 2.13. The van der Waals surface area contributed by atoms with Gasteiger partial charge in [-0.3, -0.25) is 4.79 Å². The molecule has 0 saturated carbocycles. The van der Waals surface area contributed by atoms with E-state index in [1.165, 1.54) is 18.4 Å². The first-order chi connectivity index (χ1) is 9.99. The van der Waals surface area contributed by atoms with Crippen molar-refractivity contribution in [2.24, 2.45) is 0 Å². The number of carbonyl (C=O) groups excluding carboxylic acids is 1. The number of benzene rings is 1. The molecule has 2 aromatic rings. The van der Waals surface area contributed by atoms with E-state index in [4.69, 9.17) is 4.42 Å². The van der Waals surface area contributed by atoms with Crippen LogP contribution in [0.15, 0.2) is 52.0 Å². The van der Waals surface area contributed by atoms with E-state index >= 15 is 0 Å². The fourth-order valence-electron chi connectivity index (χ4n) is 1.72. The van der Waals surface area contributed by atoms with Crippen LogP contribution in [0.1, 0.15) is 16.1 Å². The van der Waals surface area contributed by atoms with E-state index in [9.17, 15) is 13.2 Å². The minimum Gasteiger partial charge on any atom is -0.459 e. The molecule has 6 nitrogen and oxygen atoms in total. The number of furan rings is 1. The van der Waals surface area contributed by atoms with E-state index < -0.39 is 10.0 Å². The van der Waals surface area contributed by atoms with Crippen LogP contribution in [0.25, 0.3) is 0 Å². The molecule has 0 saturated heterocycles. The zero-order valence-electron chi connectivity index (χ0n) is 11.5. The Balaban J connectivity index is 1.84. The fraction of sp³-hybridized carbons (Fsp3) is 0.214. The monoisotopic (exact) mass is 308 g/mol. The van der Waals surface area contributed by atoms with E-state index in [0.29, 0.717) is 0 Å². The summed E-state index contributed by atoms with van der Waals surface area (Å²) in [7, 11) is -3.56. The maximum absolute atomic E-state index is 12.0. The molecule has 0 atom stereocenters. The third-order valence-corrected chi connectivity index (χ3v) is 4.21. The van der Waals surface area contributed by atoms with Gasteiger partial charge in [0.25, 0.3) is 5.91 Å². The second-order valence-corrected chi connectivity index (χ2v) is 6.21. The second-order valence-electron chi connectivity index (χ2n) is 4.45. The van der Waals surface area contributed by atoms with Crippen molar-refractivity contribution in [2.75, 3.05) is 13.1 Å². The molecule has 0 bridgehead atoms. The molecule has 0 fully saturated rings.